The maximum atomic E-state index is 12.1. The summed E-state index contributed by atoms with van der Waals surface area (Å²) < 4.78 is 5.89. The molecular formula is C26H36N2O2. The predicted molar refractivity (Wildman–Crippen MR) is 119 cm³/mol. The first-order valence-electron chi connectivity index (χ1n) is 12.2. The Balaban J connectivity index is 1.11. The fourth-order valence-electron chi connectivity index (χ4n) is 5.61. The van der Waals surface area contributed by atoms with Gasteiger partial charge in [-0.1, -0.05) is 18.6 Å². The van der Waals surface area contributed by atoms with Crippen molar-refractivity contribution in [3.05, 3.63) is 36.1 Å². The van der Waals surface area contributed by atoms with Crippen molar-refractivity contribution in [3.8, 4) is 11.3 Å². The summed E-state index contributed by atoms with van der Waals surface area (Å²) in [6.45, 7) is 2.39. The molecule has 1 N–H and O–H groups in total. The second-order valence-corrected chi connectivity index (χ2v) is 9.99. The van der Waals surface area contributed by atoms with E-state index in [1.807, 2.05) is 12.3 Å². The van der Waals surface area contributed by atoms with Crippen molar-refractivity contribution in [3.63, 3.8) is 0 Å². The molecule has 1 saturated heterocycles. The fraction of sp³-hybridized carbons (Fsp3) is 0.654. The van der Waals surface area contributed by atoms with Crippen LogP contribution in [0.25, 0.3) is 11.3 Å². The molecule has 0 bridgehead atoms. The van der Waals surface area contributed by atoms with Gasteiger partial charge in [-0.25, -0.2) is 0 Å². The molecule has 0 spiro atoms. The Kier molecular flexibility index (Phi) is 6.12. The van der Waals surface area contributed by atoms with Crippen LogP contribution in [0.4, 0.5) is 0 Å². The molecule has 0 aromatic rings. The maximum absolute atomic E-state index is 12.1. The molecule has 2 aliphatic heterocycles. The number of rotatable bonds is 7. The first-order chi connectivity index (χ1) is 14.7. The third-order valence-electron chi connectivity index (χ3n) is 7.66. The van der Waals surface area contributed by atoms with Crippen LogP contribution in [0.1, 0.15) is 82.2 Å². The zero-order valence-electron chi connectivity index (χ0n) is 18.2. The third-order valence-corrected chi connectivity index (χ3v) is 7.66. The molecule has 4 nitrogen and oxygen atoms in total. The summed E-state index contributed by atoms with van der Waals surface area (Å²) in [5, 5.41) is 3.30. The molecule has 1 amide bonds. The van der Waals surface area contributed by atoms with E-state index in [1.165, 1.54) is 75.6 Å². The Morgan fingerprint density at radius 1 is 1.03 bits per heavy atom. The van der Waals surface area contributed by atoms with E-state index in [4.69, 9.17) is 4.42 Å². The lowest BCUT2D eigenvalue weighted by atomic mass is 9.83. The number of hydrogen-bond acceptors (Lipinski definition) is 3. The normalized spacial score (nSPS) is 27.9. The monoisotopic (exact) mass is 408 g/mol. The van der Waals surface area contributed by atoms with Crippen molar-refractivity contribution in [2.45, 2.75) is 82.7 Å². The van der Waals surface area contributed by atoms with Crippen LogP contribution < -0.4 is 5.32 Å². The van der Waals surface area contributed by atoms with Crippen molar-refractivity contribution in [2.24, 2.45) is 11.8 Å². The van der Waals surface area contributed by atoms with E-state index in [0.29, 0.717) is 23.9 Å². The van der Waals surface area contributed by atoms with Gasteiger partial charge in [0.1, 0.15) is 5.76 Å². The predicted octanol–water partition coefficient (Wildman–Crippen LogP) is 5.78. The average molecular weight is 409 g/mol. The second-order valence-electron chi connectivity index (χ2n) is 9.99. The Labute approximate surface area is 180 Å². The summed E-state index contributed by atoms with van der Waals surface area (Å²) in [7, 11) is 0. The minimum atomic E-state index is 0.296. The van der Waals surface area contributed by atoms with Crippen molar-refractivity contribution in [1.29, 1.82) is 0 Å². The minimum absolute atomic E-state index is 0.296. The van der Waals surface area contributed by atoms with E-state index in [2.05, 4.69) is 28.4 Å². The Morgan fingerprint density at radius 3 is 2.70 bits per heavy atom. The number of carbonyl (C=O) groups is 1. The van der Waals surface area contributed by atoms with E-state index in [0.717, 1.165) is 30.9 Å². The molecule has 3 fully saturated rings. The van der Waals surface area contributed by atoms with E-state index < -0.39 is 0 Å². The van der Waals surface area contributed by atoms with Gasteiger partial charge in [0, 0.05) is 29.6 Å². The minimum Gasteiger partial charge on any atom is -0.464 e. The molecule has 1 unspecified atom stereocenters. The summed E-state index contributed by atoms with van der Waals surface area (Å²) in [6.07, 6.45) is 15.3. The van der Waals surface area contributed by atoms with Crippen LogP contribution in [0.5, 0.6) is 0 Å². The van der Waals surface area contributed by atoms with Crippen molar-refractivity contribution >= 4 is 5.91 Å². The van der Waals surface area contributed by atoms with Crippen LogP contribution in [0.2, 0.25) is 0 Å². The first-order valence-corrected chi connectivity index (χ1v) is 12.2. The van der Waals surface area contributed by atoms with Crippen LogP contribution in [0.15, 0.2) is 34.9 Å². The van der Waals surface area contributed by atoms with Crippen LogP contribution in [-0.2, 0) is 4.79 Å². The summed E-state index contributed by atoms with van der Waals surface area (Å²) >= 11 is 0. The maximum Gasteiger partial charge on any atom is 0.220 e. The summed E-state index contributed by atoms with van der Waals surface area (Å²) in [4.78, 5) is 14.8. The number of nitrogens with one attached hydrogen (secondary N) is 1. The molecule has 0 aromatic carbocycles. The number of hydrogen-bond donors (Lipinski definition) is 1. The van der Waals surface area contributed by atoms with E-state index >= 15 is 0 Å². The van der Waals surface area contributed by atoms with Crippen LogP contribution in [-0.4, -0.2) is 29.9 Å². The summed E-state index contributed by atoms with van der Waals surface area (Å²) in [6, 6.07) is 9.52. The van der Waals surface area contributed by atoms with Gasteiger partial charge in [0.2, 0.25) is 5.91 Å². The molecule has 0 aromatic heterocycles. The average Bonchev–Trinajstić information content (AvgIpc) is 3.45. The van der Waals surface area contributed by atoms with Gasteiger partial charge >= 0.3 is 0 Å². The first kappa shape index (κ1) is 20.1. The van der Waals surface area contributed by atoms with E-state index in [9.17, 15) is 4.79 Å². The highest BCUT2D eigenvalue weighted by atomic mass is 16.3. The molecule has 5 rings (SSSR count). The molecule has 2 saturated carbocycles. The molecule has 2 heterocycles. The van der Waals surface area contributed by atoms with Crippen LogP contribution in [0, 0.1) is 11.8 Å². The lowest BCUT2D eigenvalue weighted by Gasteiger charge is -2.37. The molecule has 0 radical (unpaired) electrons. The number of nitrogens with zero attached hydrogens (tertiary/aromatic N) is 1. The second kappa shape index (κ2) is 9.13. The van der Waals surface area contributed by atoms with Crippen molar-refractivity contribution < 1.29 is 9.21 Å². The third kappa shape index (κ3) is 4.91. The van der Waals surface area contributed by atoms with E-state index in [1.54, 1.807) is 0 Å². The Morgan fingerprint density at radius 2 is 1.87 bits per heavy atom. The zero-order chi connectivity index (χ0) is 20.3. The number of carbonyl (C=O) groups excluding carboxylic acids is 1. The smallest absolute Gasteiger partial charge is 0.220 e. The quantitative estimate of drug-likeness (QED) is 0.632. The van der Waals surface area contributed by atoms with Gasteiger partial charge in [0.05, 0.1) is 6.26 Å². The van der Waals surface area contributed by atoms with Gasteiger partial charge in [-0.2, -0.15) is 0 Å². The standard InChI is InChI=1S/C26H36N2O2/c29-26(16-20-7-8-20)27-23-11-9-19(10-12-23)13-15-28-14-2-1-5-24(28)22-17-21-4-3-6-25(21)30-18-22/h3-4,6,17-20,23-24H,1-2,5,7-16H2,(H,27,29). The van der Waals surface area contributed by atoms with E-state index in [-0.39, 0.29) is 0 Å². The molecule has 1 atom stereocenters. The van der Waals surface area contributed by atoms with Crippen molar-refractivity contribution in [2.75, 3.05) is 13.1 Å². The Hall–Kier alpha value is -1.81. The highest BCUT2D eigenvalue weighted by Crippen LogP contribution is 2.36. The number of amides is 1. The van der Waals surface area contributed by atoms with Gasteiger partial charge in [-0.05, 0) is 94.8 Å². The largest absolute Gasteiger partial charge is 0.464 e. The molecule has 3 aliphatic carbocycles. The van der Waals surface area contributed by atoms with Crippen molar-refractivity contribution in [1.82, 2.24) is 10.2 Å². The topological polar surface area (TPSA) is 45.5 Å². The summed E-state index contributed by atoms with van der Waals surface area (Å²) in [5.74, 6) is 2.78. The molecule has 5 aliphatic rings. The van der Waals surface area contributed by atoms with Gasteiger partial charge < -0.3 is 9.73 Å². The molecule has 30 heavy (non-hydrogen) atoms. The highest BCUT2D eigenvalue weighted by Gasteiger charge is 2.29. The van der Waals surface area contributed by atoms with Gasteiger partial charge in [0.15, 0.2) is 0 Å². The zero-order valence-corrected chi connectivity index (χ0v) is 18.2. The SMILES string of the molecule is O=C(CC1CC1)NC1CCC(CCN2CCCCC2c2coc3cccc-3c2)CC1. The summed E-state index contributed by atoms with van der Waals surface area (Å²) in [5.41, 5.74) is 2.57. The number of likely N-dealkylation sites (tertiary alicyclic amines) is 1. The number of piperidine rings is 1. The lowest BCUT2D eigenvalue weighted by Crippen LogP contribution is -2.39. The molecular weight excluding hydrogens is 372 g/mol. The van der Waals surface area contributed by atoms with Crippen LogP contribution in [0.3, 0.4) is 0 Å². The number of fused-ring (bicyclic) bond motifs is 1. The van der Waals surface area contributed by atoms with Gasteiger partial charge in [0.25, 0.3) is 0 Å². The Bertz CT molecular complexity index is 803. The molecule has 162 valence electrons. The lowest BCUT2D eigenvalue weighted by molar-refractivity contribution is -0.122. The highest BCUT2D eigenvalue weighted by molar-refractivity contribution is 5.76. The van der Waals surface area contributed by atoms with Gasteiger partial charge in [-0.15, -0.1) is 0 Å². The fourth-order valence-corrected chi connectivity index (χ4v) is 5.61. The van der Waals surface area contributed by atoms with Gasteiger partial charge in [-0.3, -0.25) is 9.69 Å². The molecule has 4 heteroatoms. The van der Waals surface area contributed by atoms with Crippen LogP contribution >= 0.6 is 0 Å².